The van der Waals surface area contributed by atoms with Crippen molar-refractivity contribution in [3.63, 3.8) is 0 Å². The fourth-order valence-corrected chi connectivity index (χ4v) is 5.73. The van der Waals surface area contributed by atoms with Crippen molar-refractivity contribution >= 4 is 28.9 Å². The number of aryl methyl sites for hydroxylation is 1. The summed E-state index contributed by atoms with van der Waals surface area (Å²) >= 11 is 12.2. The van der Waals surface area contributed by atoms with E-state index in [9.17, 15) is 0 Å². The molecule has 178 valence electrons. The number of methoxy groups -OCH3 is 1. The molecule has 0 bridgehead atoms. The fraction of sp³-hybridized carbons (Fsp3) is 0.385. The maximum Gasteiger partial charge on any atom is 0.170 e. The number of hydrogen-bond donors (Lipinski definition) is 1. The van der Waals surface area contributed by atoms with Gasteiger partial charge in [-0.2, -0.15) is 0 Å². The van der Waals surface area contributed by atoms with Crippen molar-refractivity contribution in [2.75, 3.05) is 20.3 Å². The van der Waals surface area contributed by atoms with Crippen molar-refractivity contribution in [1.82, 2.24) is 19.8 Å². The molecule has 4 heterocycles. The molecule has 8 heteroatoms. The minimum absolute atomic E-state index is 0.0169. The van der Waals surface area contributed by atoms with Crippen molar-refractivity contribution in [2.24, 2.45) is 0 Å². The summed E-state index contributed by atoms with van der Waals surface area (Å²) in [6.07, 6.45) is 4.16. The first kappa shape index (κ1) is 23.1. The lowest BCUT2D eigenvalue weighted by molar-refractivity contribution is 0.0842. The molecular weight excluding hydrogens is 468 g/mol. The number of halogens is 1. The second-order valence-corrected chi connectivity index (χ2v) is 9.72. The highest BCUT2D eigenvalue weighted by Crippen LogP contribution is 2.42. The predicted octanol–water partition coefficient (Wildman–Crippen LogP) is 5.30. The summed E-state index contributed by atoms with van der Waals surface area (Å²) in [4.78, 5) is 6.95. The Bertz CT molecular complexity index is 1190. The summed E-state index contributed by atoms with van der Waals surface area (Å²) in [5.74, 6) is 0.773. The minimum Gasteiger partial charge on any atom is -0.495 e. The van der Waals surface area contributed by atoms with E-state index in [2.05, 4.69) is 45.7 Å². The average Bonchev–Trinajstić information content (AvgIpc) is 3.53. The molecule has 2 aromatic heterocycles. The maximum atomic E-state index is 6.38. The third-order valence-corrected chi connectivity index (χ3v) is 7.38. The van der Waals surface area contributed by atoms with Gasteiger partial charge in [-0.05, 0) is 80.9 Å². The van der Waals surface area contributed by atoms with Crippen LogP contribution in [0, 0.1) is 13.8 Å². The van der Waals surface area contributed by atoms with E-state index in [1.807, 2.05) is 36.5 Å². The van der Waals surface area contributed by atoms with Crippen LogP contribution in [0.15, 0.2) is 48.7 Å². The van der Waals surface area contributed by atoms with Gasteiger partial charge in [0, 0.05) is 35.8 Å². The molecule has 2 aliphatic rings. The molecule has 2 saturated heterocycles. The molecule has 0 spiro atoms. The van der Waals surface area contributed by atoms with Crippen molar-refractivity contribution < 1.29 is 9.47 Å². The van der Waals surface area contributed by atoms with Crippen LogP contribution in [-0.4, -0.2) is 45.9 Å². The van der Waals surface area contributed by atoms with Gasteiger partial charge >= 0.3 is 0 Å². The monoisotopic (exact) mass is 496 g/mol. The van der Waals surface area contributed by atoms with E-state index in [0.29, 0.717) is 5.02 Å². The molecule has 2 fully saturated rings. The van der Waals surface area contributed by atoms with Gasteiger partial charge in [0.2, 0.25) is 0 Å². The zero-order chi connectivity index (χ0) is 23.8. The predicted molar refractivity (Wildman–Crippen MR) is 138 cm³/mol. The average molecular weight is 497 g/mol. The van der Waals surface area contributed by atoms with Gasteiger partial charge in [-0.1, -0.05) is 17.7 Å². The van der Waals surface area contributed by atoms with E-state index in [4.69, 9.17) is 33.3 Å². The number of thiocarbonyl (C=S) groups is 1. The Kier molecular flexibility index (Phi) is 6.51. The molecule has 0 unspecified atom stereocenters. The van der Waals surface area contributed by atoms with Crippen molar-refractivity contribution in [1.29, 1.82) is 0 Å². The van der Waals surface area contributed by atoms with E-state index in [0.717, 1.165) is 59.6 Å². The number of ether oxygens (including phenoxy) is 2. The number of nitrogens with one attached hydrogen (secondary N) is 1. The van der Waals surface area contributed by atoms with E-state index in [1.54, 1.807) is 7.11 Å². The van der Waals surface area contributed by atoms with Gasteiger partial charge in [0.25, 0.3) is 0 Å². The van der Waals surface area contributed by atoms with Gasteiger partial charge in [-0.3, -0.25) is 4.98 Å². The lowest BCUT2D eigenvalue weighted by Gasteiger charge is -2.30. The van der Waals surface area contributed by atoms with Gasteiger partial charge in [0.1, 0.15) is 5.75 Å². The lowest BCUT2D eigenvalue weighted by atomic mass is 9.96. The van der Waals surface area contributed by atoms with Gasteiger partial charge in [-0.25, -0.2) is 0 Å². The van der Waals surface area contributed by atoms with Crippen LogP contribution in [0.1, 0.15) is 47.6 Å². The van der Waals surface area contributed by atoms with Crippen molar-refractivity contribution in [3.05, 3.63) is 76.3 Å². The number of pyridine rings is 1. The Morgan fingerprint density at radius 1 is 1.24 bits per heavy atom. The van der Waals surface area contributed by atoms with E-state index in [1.165, 1.54) is 5.56 Å². The smallest absolute Gasteiger partial charge is 0.170 e. The van der Waals surface area contributed by atoms with Crippen molar-refractivity contribution in [3.8, 4) is 11.4 Å². The Balaban J connectivity index is 1.62. The fourth-order valence-electron chi connectivity index (χ4n) is 5.24. The number of aromatic nitrogens is 2. The van der Waals surface area contributed by atoms with Gasteiger partial charge < -0.3 is 24.3 Å². The normalized spacial score (nSPS) is 22.3. The Labute approximate surface area is 210 Å². The maximum absolute atomic E-state index is 6.38. The topological polar surface area (TPSA) is 51.5 Å². The van der Waals surface area contributed by atoms with E-state index >= 15 is 0 Å². The van der Waals surface area contributed by atoms with E-state index in [-0.39, 0.29) is 18.2 Å². The largest absolute Gasteiger partial charge is 0.495 e. The highest BCUT2D eigenvalue weighted by molar-refractivity contribution is 7.80. The Morgan fingerprint density at radius 3 is 2.79 bits per heavy atom. The molecule has 34 heavy (non-hydrogen) atoms. The second-order valence-electron chi connectivity index (χ2n) is 8.89. The summed E-state index contributed by atoms with van der Waals surface area (Å²) in [6.45, 7) is 5.82. The number of nitrogens with zero attached hydrogens (tertiary/aromatic N) is 3. The van der Waals surface area contributed by atoms with Crippen LogP contribution >= 0.6 is 23.8 Å². The molecule has 0 saturated carbocycles. The first-order valence-electron chi connectivity index (χ1n) is 11.6. The molecule has 0 radical (unpaired) electrons. The molecule has 6 nitrogen and oxygen atoms in total. The zero-order valence-electron chi connectivity index (χ0n) is 19.6. The molecule has 0 aliphatic carbocycles. The van der Waals surface area contributed by atoms with Crippen LogP contribution in [0.4, 0.5) is 0 Å². The zero-order valence-corrected chi connectivity index (χ0v) is 21.2. The SMILES string of the molecule is COc1ccc(Cl)cc1-n1c(C)cc([C@H]2[C@H](c3ccccn3)NC(=S)N2C[C@@H]2CCCO2)c1C. The third-order valence-electron chi connectivity index (χ3n) is 6.79. The quantitative estimate of drug-likeness (QED) is 0.467. The molecule has 0 amide bonds. The van der Waals surface area contributed by atoms with Crippen molar-refractivity contribution in [2.45, 2.75) is 44.9 Å². The molecule has 5 rings (SSSR count). The summed E-state index contributed by atoms with van der Waals surface area (Å²) in [6, 6.07) is 13.9. The summed E-state index contributed by atoms with van der Waals surface area (Å²) in [7, 11) is 1.68. The van der Waals surface area contributed by atoms with E-state index < -0.39 is 0 Å². The summed E-state index contributed by atoms with van der Waals surface area (Å²) in [5, 5.41) is 4.96. The molecule has 3 atom stereocenters. The van der Waals surface area contributed by atoms with Crippen LogP contribution in [0.5, 0.6) is 5.75 Å². The van der Waals surface area contributed by atoms with Crippen LogP contribution in [-0.2, 0) is 4.74 Å². The standard InChI is InChI=1S/C26H29ClN4O2S/c1-16-13-20(17(2)31(16)22-14-18(27)9-10-23(22)32-3)25-24(21-8-4-5-11-28-21)29-26(34)30(25)15-19-7-6-12-33-19/h4-5,8-11,13-14,19,24-25H,6-7,12,15H2,1-3H3,(H,29,34)/t19-,24-,25-/m0/s1. The minimum atomic E-state index is -0.0645. The van der Waals surface area contributed by atoms with Crippen LogP contribution in [0.25, 0.3) is 5.69 Å². The third kappa shape index (κ3) is 4.17. The molecular formula is C26H29ClN4O2S. The number of benzene rings is 1. The van der Waals surface area contributed by atoms with Gasteiger partial charge in [0.15, 0.2) is 5.11 Å². The van der Waals surface area contributed by atoms with Gasteiger partial charge in [-0.15, -0.1) is 0 Å². The highest BCUT2D eigenvalue weighted by atomic mass is 35.5. The van der Waals surface area contributed by atoms with Crippen LogP contribution in [0.3, 0.4) is 0 Å². The van der Waals surface area contributed by atoms with Gasteiger partial charge in [0.05, 0.1) is 36.7 Å². The Morgan fingerprint density at radius 2 is 2.09 bits per heavy atom. The van der Waals surface area contributed by atoms with Crippen LogP contribution in [0.2, 0.25) is 5.02 Å². The first-order valence-corrected chi connectivity index (χ1v) is 12.4. The molecule has 3 aromatic rings. The summed E-state index contributed by atoms with van der Waals surface area (Å²) < 4.78 is 13.9. The summed E-state index contributed by atoms with van der Waals surface area (Å²) in [5.41, 5.74) is 5.30. The molecule has 2 aliphatic heterocycles. The lowest BCUT2D eigenvalue weighted by Crippen LogP contribution is -2.36. The second kappa shape index (κ2) is 9.56. The molecule has 1 aromatic carbocycles. The molecule has 1 N–H and O–H groups in total. The number of hydrogen-bond acceptors (Lipinski definition) is 4. The Hall–Kier alpha value is -2.61. The highest BCUT2D eigenvalue weighted by Gasteiger charge is 2.42. The number of rotatable bonds is 6. The van der Waals surface area contributed by atoms with Crippen LogP contribution < -0.4 is 10.1 Å². The first-order chi connectivity index (χ1) is 16.5.